The zero-order valence-corrected chi connectivity index (χ0v) is 12.6. The molecule has 2 saturated heterocycles. The molecule has 0 saturated carbocycles. The first-order valence-electron chi connectivity index (χ1n) is 7.86. The van der Waals surface area contributed by atoms with Gasteiger partial charge in [-0.15, -0.1) is 0 Å². The number of nitrogens with one attached hydrogen (secondary N) is 1. The van der Waals surface area contributed by atoms with Crippen molar-refractivity contribution in [2.24, 2.45) is 5.41 Å². The van der Waals surface area contributed by atoms with Gasteiger partial charge in [-0.1, -0.05) is 12.1 Å². The van der Waals surface area contributed by atoms with Crippen LogP contribution in [0.4, 0.5) is 4.39 Å². The number of hydrogen-bond donors (Lipinski definition) is 1. The molecule has 2 aliphatic rings. The summed E-state index contributed by atoms with van der Waals surface area (Å²) in [4.78, 5) is 14.5. The van der Waals surface area contributed by atoms with Gasteiger partial charge in [0.2, 0.25) is 0 Å². The standard InChI is InChI=1S/C17H23FN2O/c1-13-5-2-6-14(15(13)18)16(21)20-10-4-8-17(12-20)7-3-9-19-11-17/h2,5-6,19H,3-4,7-12H2,1H3. The summed E-state index contributed by atoms with van der Waals surface area (Å²) in [5.74, 6) is -0.523. The van der Waals surface area contributed by atoms with Crippen LogP contribution in [0.25, 0.3) is 0 Å². The predicted molar refractivity (Wildman–Crippen MR) is 80.8 cm³/mol. The summed E-state index contributed by atoms with van der Waals surface area (Å²) in [6.45, 7) is 5.25. The van der Waals surface area contributed by atoms with Gasteiger partial charge in [0, 0.05) is 25.0 Å². The van der Waals surface area contributed by atoms with Gasteiger partial charge in [0.05, 0.1) is 5.56 Å². The second-order valence-corrected chi connectivity index (χ2v) is 6.55. The van der Waals surface area contributed by atoms with E-state index in [-0.39, 0.29) is 22.7 Å². The predicted octanol–water partition coefficient (Wildman–Crippen LogP) is 2.74. The molecule has 1 amide bonds. The number of halogens is 1. The monoisotopic (exact) mass is 290 g/mol. The van der Waals surface area contributed by atoms with Gasteiger partial charge in [-0.3, -0.25) is 4.79 Å². The third kappa shape index (κ3) is 2.82. The van der Waals surface area contributed by atoms with Crippen molar-refractivity contribution in [3.05, 3.63) is 35.1 Å². The van der Waals surface area contributed by atoms with Crippen molar-refractivity contribution in [1.29, 1.82) is 0 Å². The van der Waals surface area contributed by atoms with Crippen molar-refractivity contribution in [1.82, 2.24) is 10.2 Å². The average Bonchev–Trinajstić information content (AvgIpc) is 2.50. The quantitative estimate of drug-likeness (QED) is 0.862. The maximum absolute atomic E-state index is 14.2. The van der Waals surface area contributed by atoms with Gasteiger partial charge < -0.3 is 10.2 Å². The molecule has 0 bridgehead atoms. The molecule has 1 aromatic rings. The van der Waals surface area contributed by atoms with E-state index in [1.807, 2.05) is 4.90 Å². The van der Waals surface area contributed by atoms with Gasteiger partial charge in [0.1, 0.15) is 5.82 Å². The molecule has 2 fully saturated rings. The molecule has 1 aromatic carbocycles. The molecular weight excluding hydrogens is 267 g/mol. The molecule has 1 unspecified atom stereocenters. The van der Waals surface area contributed by atoms with Crippen LogP contribution in [0.2, 0.25) is 0 Å². The highest BCUT2D eigenvalue weighted by molar-refractivity contribution is 5.94. The molecule has 4 heteroatoms. The fraction of sp³-hybridized carbons (Fsp3) is 0.588. The Morgan fingerprint density at radius 2 is 2.14 bits per heavy atom. The number of benzene rings is 1. The van der Waals surface area contributed by atoms with E-state index < -0.39 is 0 Å². The van der Waals surface area contributed by atoms with Crippen molar-refractivity contribution >= 4 is 5.91 Å². The highest BCUT2D eigenvalue weighted by Gasteiger charge is 2.38. The first-order chi connectivity index (χ1) is 10.1. The third-order valence-corrected chi connectivity index (χ3v) is 4.93. The lowest BCUT2D eigenvalue weighted by Gasteiger charge is -2.45. The Kier molecular flexibility index (Phi) is 3.98. The van der Waals surface area contributed by atoms with Crippen LogP contribution in [0.15, 0.2) is 18.2 Å². The number of aryl methyl sites for hydroxylation is 1. The van der Waals surface area contributed by atoms with Gasteiger partial charge >= 0.3 is 0 Å². The Labute approximate surface area is 125 Å². The second kappa shape index (κ2) is 5.76. The van der Waals surface area contributed by atoms with Crippen molar-refractivity contribution in [3.63, 3.8) is 0 Å². The topological polar surface area (TPSA) is 32.3 Å². The number of amides is 1. The largest absolute Gasteiger partial charge is 0.338 e. The summed E-state index contributed by atoms with van der Waals surface area (Å²) in [6.07, 6.45) is 4.52. The molecule has 1 N–H and O–H groups in total. The minimum atomic E-state index is -0.371. The van der Waals surface area contributed by atoms with Gasteiger partial charge in [-0.25, -0.2) is 4.39 Å². The molecule has 21 heavy (non-hydrogen) atoms. The highest BCUT2D eigenvalue weighted by atomic mass is 19.1. The number of likely N-dealkylation sites (tertiary alicyclic amines) is 1. The van der Waals surface area contributed by atoms with E-state index in [1.165, 1.54) is 19.3 Å². The first kappa shape index (κ1) is 14.5. The molecule has 2 aliphatic heterocycles. The Morgan fingerprint density at radius 1 is 1.33 bits per heavy atom. The number of hydrogen-bond acceptors (Lipinski definition) is 2. The Balaban J connectivity index is 1.79. The Hall–Kier alpha value is -1.42. The summed E-state index contributed by atoms with van der Waals surface area (Å²) in [6, 6.07) is 5.06. The van der Waals surface area contributed by atoms with E-state index in [0.717, 1.165) is 32.6 Å². The van der Waals surface area contributed by atoms with Crippen molar-refractivity contribution in [3.8, 4) is 0 Å². The van der Waals surface area contributed by atoms with E-state index in [1.54, 1.807) is 25.1 Å². The summed E-state index contributed by atoms with van der Waals surface area (Å²) >= 11 is 0. The Bertz CT molecular complexity index is 532. The molecule has 2 heterocycles. The van der Waals surface area contributed by atoms with Gasteiger partial charge in [-0.2, -0.15) is 0 Å². The van der Waals surface area contributed by atoms with Crippen LogP contribution < -0.4 is 5.32 Å². The summed E-state index contributed by atoms with van der Waals surface area (Å²) in [5.41, 5.74) is 0.953. The van der Waals surface area contributed by atoms with E-state index >= 15 is 0 Å². The van der Waals surface area contributed by atoms with Crippen LogP contribution in [0, 0.1) is 18.2 Å². The van der Waals surface area contributed by atoms with Crippen LogP contribution in [-0.2, 0) is 0 Å². The average molecular weight is 290 g/mol. The zero-order chi connectivity index (χ0) is 14.9. The summed E-state index contributed by atoms with van der Waals surface area (Å²) in [7, 11) is 0. The van der Waals surface area contributed by atoms with Crippen molar-refractivity contribution in [2.45, 2.75) is 32.6 Å². The van der Waals surface area contributed by atoms with Crippen LogP contribution >= 0.6 is 0 Å². The molecule has 0 aromatic heterocycles. The van der Waals surface area contributed by atoms with Crippen molar-refractivity contribution in [2.75, 3.05) is 26.2 Å². The maximum atomic E-state index is 14.2. The molecule has 0 aliphatic carbocycles. The van der Waals surface area contributed by atoms with Crippen LogP contribution in [0.5, 0.6) is 0 Å². The molecule has 1 atom stereocenters. The van der Waals surface area contributed by atoms with E-state index in [4.69, 9.17) is 0 Å². The zero-order valence-electron chi connectivity index (χ0n) is 12.6. The minimum absolute atomic E-state index is 0.152. The number of nitrogens with zero attached hydrogens (tertiary/aromatic N) is 1. The smallest absolute Gasteiger partial charge is 0.256 e. The number of carbonyl (C=O) groups excluding carboxylic acids is 1. The van der Waals surface area contributed by atoms with Crippen molar-refractivity contribution < 1.29 is 9.18 Å². The molecule has 1 spiro atoms. The summed E-state index contributed by atoms with van der Waals surface area (Å²) < 4.78 is 14.2. The van der Waals surface area contributed by atoms with Gasteiger partial charge in [0.25, 0.3) is 5.91 Å². The summed E-state index contributed by atoms with van der Waals surface area (Å²) in [5, 5.41) is 3.45. The van der Waals surface area contributed by atoms with Gasteiger partial charge in [-0.05, 0) is 50.8 Å². The van der Waals surface area contributed by atoms with E-state index in [0.29, 0.717) is 5.56 Å². The lowest BCUT2D eigenvalue weighted by Crippen LogP contribution is -2.52. The molecule has 0 radical (unpaired) electrons. The fourth-order valence-corrected chi connectivity index (χ4v) is 3.74. The number of piperidine rings is 2. The SMILES string of the molecule is Cc1cccc(C(=O)N2CCCC3(CCCNC3)C2)c1F. The van der Waals surface area contributed by atoms with Crippen LogP contribution in [-0.4, -0.2) is 37.0 Å². The minimum Gasteiger partial charge on any atom is -0.338 e. The molecule has 114 valence electrons. The van der Waals surface area contributed by atoms with Crippen LogP contribution in [0.3, 0.4) is 0 Å². The van der Waals surface area contributed by atoms with E-state index in [9.17, 15) is 9.18 Å². The first-order valence-corrected chi connectivity index (χ1v) is 7.86. The van der Waals surface area contributed by atoms with Crippen LogP contribution in [0.1, 0.15) is 41.6 Å². The maximum Gasteiger partial charge on any atom is 0.256 e. The van der Waals surface area contributed by atoms with Gasteiger partial charge in [0.15, 0.2) is 0 Å². The normalized spacial score (nSPS) is 26.1. The Morgan fingerprint density at radius 3 is 2.90 bits per heavy atom. The second-order valence-electron chi connectivity index (χ2n) is 6.55. The highest BCUT2D eigenvalue weighted by Crippen LogP contribution is 2.36. The molecular formula is C17H23FN2O. The number of rotatable bonds is 1. The molecule has 3 rings (SSSR count). The fourth-order valence-electron chi connectivity index (χ4n) is 3.74. The van der Waals surface area contributed by atoms with E-state index in [2.05, 4.69) is 5.32 Å². The lowest BCUT2D eigenvalue weighted by molar-refractivity contribution is 0.0430. The number of carbonyl (C=O) groups is 1. The lowest BCUT2D eigenvalue weighted by atomic mass is 9.74. The molecule has 3 nitrogen and oxygen atoms in total. The third-order valence-electron chi connectivity index (χ3n) is 4.93.